The van der Waals surface area contributed by atoms with E-state index in [4.69, 9.17) is 0 Å². The predicted octanol–water partition coefficient (Wildman–Crippen LogP) is 4.23. The number of nitrogens with one attached hydrogen (secondary N) is 2. The maximum absolute atomic E-state index is 12.2. The quantitative estimate of drug-likeness (QED) is 0.850. The van der Waals surface area contributed by atoms with Crippen molar-refractivity contribution in [1.82, 2.24) is 4.98 Å². The SMILES string of the molecule is CCCNc1cncc(C(=O)Nc2ccc(C)c(Br)c2)c1. The number of hydrogen-bond acceptors (Lipinski definition) is 3. The van der Waals surface area contributed by atoms with Gasteiger partial charge in [-0.1, -0.05) is 28.9 Å². The minimum Gasteiger partial charge on any atom is -0.384 e. The lowest BCUT2D eigenvalue weighted by molar-refractivity contribution is 0.102. The van der Waals surface area contributed by atoms with Crippen molar-refractivity contribution in [2.24, 2.45) is 0 Å². The zero-order valence-electron chi connectivity index (χ0n) is 12.1. The summed E-state index contributed by atoms with van der Waals surface area (Å²) >= 11 is 3.46. The van der Waals surface area contributed by atoms with Gasteiger partial charge >= 0.3 is 0 Å². The maximum atomic E-state index is 12.2. The molecule has 1 amide bonds. The Morgan fingerprint density at radius 1 is 1.24 bits per heavy atom. The van der Waals surface area contributed by atoms with Crippen molar-refractivity contribution in [2.45, 2.75) is 20.3 Å². The van der Waals surface area contributed by atoms with E-state index in [1.54, 1.807) is 18.5 Å². The van der Waals surface area contributed by atoms with Gasteiger partial charge < -0.3 is 10.6 Å². The smallest absolute Gasteiger partial charge is 0.257 e. The first-order valence-electron chi connectivity index (χ1n) is 6.86. The summed E-state index contributed by atoms with van der Waals surface area (Å²) in [5.74, 6) is -0.168. The van der Waals surface area contributed by atoms with E-state index in [2.05, 4.69) is 38.5 Å². The number of carbonyl (C=O) groups excluding carboxylic acids is 1. The van der Waals surface area contributed by atoms with Gasteiger partial charge in [0.2, 0.25) is 0 Å². The van der Waals surface area contributed by atoms with Crippen LogP contribution in [0.5, 0.6) is 0 Å². The Labute approximate surface area is 133 Å². The number of anilines is 2. The molecular formula is C16H18BrN3O. The number of halogens is 1. The van der Waals surface area contributed by atoms with Crippen molar-refractivity contribution in [2.75, 3.05) is 17.2 Å². The molecule has 2 aromatic rings. The first-order chi connectivity index (χ1) is 10.1. The van der Waals surface area contributed by atoms with Crippen molar-refractivity contribution in [3.63, 3.8) is 0 Å². The molecule has 21 heavy (non-hydrogen) atoms. The van der Waals surface area contributed by atoms with E-state index in [-0.39, 0.29) is 5.91 Å². The van der Waals surface area contributed by atoms with Gasteiger partial charge in [-0.05, 0) is 37.1 Å². The largest absolute Gasteiger partial charge is 0.384 e. The first kappa shape index (κ1) is 15.5. The van der Waals surface area contributed by atoms with E-state index < -0.39 is 0 Å². The highest BCUT2D eigenvalue weighted by Crippen LogP contribution is 2.21. The van der Waals surface area contributed by atoms with Gasteiger partial charge in [0, 0.05) is 29.1 Å². The van der Waals surface area contributed by atoms with Crippen molar-refractivity contribution in [1.29, 1.82) is 0 Å². The second-order valence-corrected chi connectivity index (χ2v) is 5.66. The molecule has 0 atom stereocenters. The molecule has 1 aromatic carbocycles. The number of nitrogens with zero attached hydrogens (tertiary/aromatic N) is 1. The summed E-state index contributed by atoms with van der Waals surface area (Å²) in [6, 6.07) is 7.53. The van der Waals surface area contributed by atoms with Gasteiger partial charge in [-0.2, -0.15) is 0 Å². The Balaban J connectivity index is 2.10. The Kier molecular flexibility index (Phi) is 5.33. The summed E-state index contributed by atoms with van der Waals surface area (Å²) in [6.07, 6.45) is 4.30. The zero-order chi connectivity index (χ0) is 15.2. The highest BCUT2D eigenvalue weighted by molar-refractivity contribution is 9.10. The van der Waals surface area contributed by atoms with Crippen LogP contribution < -0.4 is 10.6 Å². The second kappa shape index (κ2) is 7.22. The van der Waals surface area contributed by atoms with E-state index in [1.807, 2.05) is 25.1 Å². The highest BCUT2D eigenvalue weighted by Gasteiger charge is 2.08. The van der Waals surface area contributed by atoms with Gasteiger partial charge in [-0.25, -0.2) is 0 Å². The molecule has 0 aliphatic heterocycles. The van der Waals surface area contributed by atoms with Crippen LogP contribution >= 0.6 is 15.9 Å². The lowest BCUT2D eigenvalue weighted by atomic mass is 10.2. The van der Waals surface area contributed by atoms with Crippen molar-refractivity contribution in [3.8, 4) is 0 Å². The molecule has 0 aliphatic rings. The van der Waals surface area contributed by atoms with Crippen LogP contribution in [-0.2, 0) is 0 Å². The maximum Gasteiger partial charge on any atom is 0.257 e. The van der Waals surface area contributed by atoms with Crippen molar-refractivity contribution >= 4 is 33.2 Å². The summed E-state index contributed by atoms with van der Waals surface area (Å²) in [7, 11) is 0. The molecule has 1 aromatic heterocycles. The average Bonchev–Trinajstić information content (AvgIpc) is 2.49. The molecule has 0 saturated carbocycles. The molecule has 0 saturated heterocycles. The number of benzene rings is 1. The lowest BCUT2D eigenvalue weighted by Gasteiger charge is -2.09. The molecule has 0 radical (unpaired) electrons. The molecule has 4 nitrogen and oxygen atoms in total. The molecule has 0 aliphatic carbocycles. The molecule has 1 heterocycles. The van der Waals surface area contributed by atoms with Crippen LogP contribution in [0.1, 0.15) is 29.3 Å². The normalized spacial score (nSPS) is 10.2. The van der Waals surface area contributed by atoms with Gasteiger partial charge in [0.05, 0.1) is 11.3 Å². The Morgan fingerprint density at radius 3 is 2.76 bits per heavy atom. The van der Waals surface area contributed by atoms with Gasteiger partial charge in [0.15, 0.2) is 0 Å². The topological polar surface area (TPSA) is 54.0 Å². The van der Waals surface area contributed by atoms with Gasteiger partial charge in [-0.3, -0.25) is 9.78 Å². The van der Waals surface area contributed by atoms with Gasteiger partial charge in [0.25, 0.3) is 5.91 Å². The monoisotopic (exact) mass is 347 g/mol. The second-order valence-electron chi connectivity index (χ2n) is 4.81. The number of pyridine rings is 1. The molecule has 110 valence electrons. The van der Waals surface area contributed by atoms with E-state index >= 15 is 0 Å². The van der Waals surface area contributed by atoms with Crippen LogP contribution in [-0.4, -0.2) is 17.4 Å². The molecule has 0 bridgehead atoms. The third kappa shape index (κ3) is 4.29. The minimum atomic E-state index is -0.168. The first-order valence-corrected chi connectivity index (χ1v) is 7.66. The average molecular weight is 348 g/mol. The fourth-order valence-corrected chi connectivity index (χ4v) is 2.18. The number of aryl methyl sites for hydroxylation is 1. The van der Waals surface area contributed by atoms with Crippen LogP contribution in [0.2, 0.25) is 0 Å². The molecular weight excluding hydrogens is 330 g/mol. The summed E-state index contributed by atoms with van der Waals surface area (Å²) in [6.45, 7) is 4.95. The number of carbonyl (C=O) groups is 1. The van der Waals surface area contributed by atoms with Crippen LogP contribution in [0.15, 0.2) is 41.1 Å². The molecule has 5 heteroatoms. The number of hydrogen-bond donors (Lipinski definition) is 2. The van der Waals surface area contributed by atoms with Crippen LogP contribution in [0.25, 0.3) is 0 Å². The molecule has 2 N–H and O–H groups in total. The van der Waals surface area contributed by atoms with Crippen molar-refractivity contribution < 1.29 is 4.79 Å². The van der Waals surface area contributed by atoms with E-state index in [0.29, 0.717) is 5.56 Å². The van der Waals surface area contributed by atoms with Crippen LogP contribution in [0.4, 0.5) is 11.4 Å². The lowest BCUT2D eigenvalue weighted by Crippen LogP contribution is -2.13. The molecule has 0 spiro atoms. The zero-order valence-corrected chi connectivity index (χ0v) is 13.7. The standard InChI is InChI=1S/C16H18BrN3O/c1-3-6-19-14-7-12(9-18-10-14)16(21)20-13-5-4-11(2)15(17)8-13/h4-5,7-10,19H,3,6H2,1-2H3,(H,20,21). The van der Waals surface area contributed by atoms with Gasteiger partial charge in [-0.15, -0.1) is 0 Å². The van der Waals surface area contributed by atoms with Crippen molar-refractivity contribution in [3.05, 3.63) is 52.3 Å². The van der Waals surface area contributed by atoms with E-state index in [1.165, 1.54) is 0 Å². The molecule has 2 rings (SSSR count). The molecule has 0 fully saturated rings. The fraction of sp³-hybridized carbons (Fsp3) is 0.250. The fourth-order valence-electron chi connectivity index (χ4n) is 1.80. The minimum absolute atomic E-state index is 0.168. The van der Waals surface area contributed by atoms with Gasteiger partial charge in [0.1, 0.15) is 0 Å². The Bertz CT molecular complexity index is 643. The summed E-state index contributed by atoms with van der Waals surface area (Å²) in [5.41, 5.74) is 3.27. The Morgan fingerprint density at radius 2 is 2.05 bits per heavy atom. The van der Waals surface area contributed by atoms with E-state index in [0.717, 1.165) is 34.4 Å². The summed E-state index contributed by atoms with van der Waals surface area (Å²) < 4.78 is 0.969. The number of rotatable bonds is 5. The highest BCUT2D eigenvalue weighted by atomic mass is 79.9. The predicted molar refractivity (Wildman–Crippen MR) is 89.8 cm³/mol. The van der Waals surface area contributed by atoms with E-state index in [9.17, 15) is 4.79 Å². The summed E-state index contributed by atoms with van der Waals surface area (Å²) in [5, 5.41) is 6.09. The van der Waals surface area contributed by atoms with Crippen LogP contribution in [0, 0.1) is 6.92 Å². The third-order valence-electron chi connectivity index (χ3n) is 3.01. The summed E-state index contributed by atoms with van der Waals surface area (Å²) in [4.78, 5) is 16.3. The third-order valence-corrected chi connectivity index (χ3v) is 3.86. The molecule has 0 unspecified atom stereocenters. The van der Waals surface area contributed by atoms with Crippen LogP contribution in [0.3, 0.4) is 0 Å². The Hall–Kier alpha value is -1.88. The number of amides is 1. The number of aromatic nitrogens is 1.